The molecule has 0 saturated heterocycles. The highest BCUT2D eigenvalue weighted by Crippen LogP contribution is 2.27. The van der Waals surface area contributed by atoms with Crippen molar-refractivity contribution >= 4 is 22.9 Å². The molecule has 0 aliphatic heterocycles. The predicted molar refractivity (Wildman–Crippen MR) is 75.1 cm³/mol. The Kier molecular flexibility index (Phi) is 3.85. The van der Waals surface area contributed by atoms with Crippen LogP contribution in [-0.4, -0.2) is 4.98 Å². The molecule has 1 nitrogen and oxygen atoms in total. The fourth-order valence-corrected chi connectivity index (χ4v) is 2.86. The van der Waals surface area contributed by atoms with Crippen LogP contribution in [0.2, 0.25) is 0 Å². The minimum atomic E-state index is -0.0274. The van der Waals surface area contributed by atoms with Crippen LogP contribution < -0.4 is 0 Å². The molecule has 17 heavy (non-hydrogen) atoms. The van der Waals surface area contributed by atoms with Gasteiger partial charge in [-0.2, -0.15) is 0 Å². The van der Waals surface area contributed by atoms with Gasteiger partial charge in [0.15, 0.2) is 0 Å². The van der Waals surface area contributed by atoms with Crippen LogP contribution in [0.1, 0.15) is 32.8 Å². The summed E-state index contributed by atoms with van der Waals surface area (Å²) in [5.41, 5.74) is 4.89. The second-order valence-electron chi connectivity index (χ2n) is 4.39. The highest BCUT2D eigenvalue weighted by molar-refractivity contribution is 7.09. The van der Waals surface area contributed by atoms with Gasteiger partial charge in [-0.25, -0.2) is 4.98 Å². The number of halogens is 1. The number of benzene rings is 1. The summed E-state index contributed by atoms with van der Waals surface area (Å²) in [6.07, 6.45) is 0.845. The maximum atomic E-state index is 6.42. The smallest absolute Gasteiger partial charge is 0.0897 e. The van der Waals surface area contributed by atoms with Gasteiger partial charge < -0.3 is 0 Å². The van der Waals surface area contributed by atoms with Crippen LogP contribution in [0.15, 0.2) is 23.6 Å². The predicted octanol–water partition coefficient (Wildman–Crippen LogP) is 4.59. The van der Waals surface area contributed by atoms with Gasteiger partial charge in [0.2, 0.25) is 0 Å². The van der Waals surface area contributed by atoms with Gasteiger partial charge in [-0.15, -0.1) is 22.9 Å². The largest absolute Gasteiger partial charge is 0.245 e. The van der Waals surface area contributed by atoms with E-state index in [9.17, 15) is 0 Å². The topological polar surface area (TPSA) is 12.9 Å². The van der Waals surface area contributed by atoms with Gasteiger partial charge in [0, 0.05) is 5.38 Å². The van der Waals surface area contributed by atoms with E-state index in [4.69, 9.17) is 11.6 Å². The van der Waals surface area contributed by atoms with Gasteiger partial charge >= 0.3 is 0 Å². The second kappa shape index (κ2) is 5.19. The van der Waals surface area contributed by atoms with E-state index >= 15 is 0 Å². The molecular formula is C14H16ClNS. The first-order chi connectivity index (χ1) is 8.06. The Morgan fingerprint density at radius 3 is 2.71 bits per heavy atom. The Labute approximate surface area is 111 Å². The molecule has 1 aromatic carbocycles. The zero-order valence-electron chi connectivity index (χ0n) is 10.3. The molecule has 0 spiro atoms. The minimum Gasteiger partial charge on any atom is -0.245 e. The lowest BCUT2D eigenvalue weighted by atomic mass is 10.0. The highest BCUT2D eigenvalue weighted by Gasteiger charge is 2.13. The number of alkyl halides is 1. The molecule has 0 N–H and O–H groups in total. The summed E-state index contributed by atoms with van der Waals surface area (Å²) < 4.78 is 0. The molecule has 2 aromatic rings. The van der Waals surface area contributed by atoms with Crippen LogP contribution in [0.3, 0.4) is 0 Å². The van der Waals surface area contributed by atoms with E-state index in [1.807, 2.05) is 6.92 Å². The first-order valence-corrected chi connectivity index (χ1v) is 7.00. The molecule has 0 amide bonds. The van der Waals surface area contributed by atoms with Gasteiger partial charge in [0.1, 0.15) is 0 Å². The van der Waals surface area contributed by atoms with Crippen molar-refractivity contribution in [2.75, 3.05) is 0 Å². The summed E-state index contributed by atoms with van der Waals surface area (Å²) in [6, 6.07) is 6.50. The minimum absolute atomic E-state index is 0.0274. The van der Waals surface area contributed by atoms with Gasteiger partial charge in [-0.3, -0.25) is 0 Å². The number of hydrogen-bond acceptors (Lipinski definition) is 2. The van der Waals surface area contributed by atoms with Crippen LogP contribution in [0.25, 0.3) is 0 Å². The number of hydrogen-bond donors (Lipinski definition) is 0. The molecule has 3 heteroatoms. The summed E-state index contributed by atoms with van der Waals surface area (Å²) in [5, 5.41) is 3.10. The summed E-state index contributed by atoms with van der Waals surface area (Å²) in [7, 11) is 0. The van der Waals surface area contributed by atoms with Crippen molar-refractivity contribution < 1.29 is 0 Å². The van der Waals surface area contributed by atoms with E-state index in [1.54, 1.807) is 11.3 Å². The Morgan fingerprint density at radius 2 is 2.06 bits per heavy atom. The van der Waals surface area contributed by atoms with E-state index in [0.29, 0.717) is 0 Å². The van der Waals surface area contributed by atoms with Crippen LogP contribution >= 0.6 is 22.9 Å². The Bertz CT molecular complexity index is 519. The van der Waals surface area contributed by atoms with Gasteiger partial charge in [-0.1, -0.05) is 23.8 Å². The first kappa shape index (κ1) is 12.6. The van der Waals surface area contributed by atoms with E-state index < -0.39 is 0 Å². The average molecular weight is 266 g/mol. The molecule has 0 aliphatic carbocycles. The van der Waals surface area contributed by atoms with Crippen molar-refractivity contribution in [2.24, 2.45) is 0 Å². The number of aromatic nitrogens is 1. The highest BCUT2D eigenvalue weighted by atomic mass is 35.5. The third kappa shape index (κ3) is 3.08. The van der Waals surface area contributed by atoms with Crippen LogP contribution in [-0.2, 0) is 6.42 Å². The standard InChI is InChI=1S/C14H16ClNS/c1-9-4-5-10(2)12(6-9)7-13(15)14-8-17-11(3)16-14/h4-6,8,13H,7H2,1-3H3. The molecule has 0 saturated carbocycles. The first-order valence-electron chi connectivity index (χ1n) is 5.68. The summed E-state index contributed by atoms with van der Waals surface area (Å²) in [6.45, 7) is 6.25. The monoisotopic (exact) mass is 265 g/mol. The molecule has 0 bridgehead atoms. The van der Waals surface area contributed by atoms with Crippen molar-refractivity contribution in [3.05, 3.63) is 51.0 Å². The third-order valence-corrected chi connectivity index (χ3v) is 4.03. The van der Waals surface area contributed by atoms with Crippen molar-refractivity contribution in [3.63, 3.8) is 0 Å². The molecule has 1 heterocycles. The lowest BCUT2D eigenvalue weighted by Gasteiger charge is -2.10. The molecular weight excluding hydrogens is 250 g/mol. The lowest BCUT2D eigenvalue weighted by Crippen LogP contribution is -1.99. The molecule has 1 atom stereocenters. The maximum Gasteiger partial charge on any atom is 0.0897 e. The fourth-order valence-electron chi connectivity index (χ4n) is 1.84. The zero-order valence-corrected chi connectivity index (χ0v) is 11.9. The molecule has 2 rings (SSSR count). The van der Waals surface area contributed by atoms with E-state index in [1.165, 1.54) is 16.7 Å². The number of thiazole rings is 1. The quantitative estimate of drug-likeness (QED) is 0.740. The van der Waals surface area contributed by atoms with E-state index in [2.05, 4.69) is 42.4 Å². The van der Waals surface area contributed by atoms with Gasteiger partial charge in [0.25, 0.3) is 0 Å². The van der Waals surface area contributed by atoms with Crippen LogP contribution in [0.5, 0.6) is 0 Å². The van der Waals surface area contributed by atoms with E-state index in [-0.39, 0.29) is 5.38 Å². The average Bonchev–Trinajstić information content (AvgIpc) is 2.70. The fraction of sp³-hybridized carbons (Fsp3) is 0.357. The van der Waals surface area contributed by atoms with Crippen LogP contribution in [0.4, 0.5) is 0 Å². The third-order valence-electron chi connectivity index (χ3n) is 2.86. The molecule has 90 valence electrons. The zero-order chi connectivity index (χ0) is 12.4. The normalized spacial score (nSPS) is 12.7. The van der Waals surface area contributed by atoms with Crippen molar-refractivity contribution in [3.8, 4) is 0 Å². The number of aryl methyl sites for hydroxylation is 3. The molecule has 0 aliphatic rings. The SMILES string of the molecule is Cc1ccc(C)c(CC(Cl)c2csc(C)n2)c1. The number of rotatable bonds is 3. The Hall–Kier alpha value is -0.860. The second-order valence-corrected chi connectivity index (χ2v) is 5.98. The van der Waals surface area contributed by atoms with Crippen molar-refractivity contribution in [1.29, 1.82) is 0 Å². The summed E-state index contributed by atoms with van der Waals surface area (Å²) in [5.74, 6) is 0. The van der Waals surface area contributed by atoms with Gasteiger partial charge in [0.05, 0.1) is 16.1 Å². The number of nitrogens with zero attached hydrogens (tertiary/aromatic N) is 1. The summed E-state index contributed by atoms with van der Waals surface area (Å²) in [4.78, 5) is 4.45. The Balaban J connectivity index is 2.18. The molecule has 0 radical (unpaired) electrons. The summed E-state index contributed by atoms with van der Waals surface area (Å²) >= 11 is 8.08. The maximum absolute atomic E-state index is 6.42. The molecule has 1 aromatic heterocycles. The molecule has 1 unspecified atom stereocenters. The Morgan fingerprint density at radius 1 is 1.29 bits per heavy atom. The molecule has 0 fully saturated rings. The lowest BCUT2D eigenvalue weighted by molar-refractivity contribution is 0.875. The van der Waals surface area contributed by atoms with Crippen molar-refractivity contribution in [2.45, 2.75) is 32.6 Å². The van der Waals surface area contributed by atoms with E-state index in [0.717, 1.165) is 17.1 Å². The van der Waals surface area contributed by atoms with Crippen LogP contribution in [0, 0.1) is 20.8 Å². The van der Waals surface area contributed by atoms with Crippen molar-refractivity contribution in [1.82, 2.24) is 4.98 Å². The van der Waals surface area contributed by atoms with Gasteiger partial charge in [-0.05, 0) is 38.3 Å².